The molecule has 1 aliphatic carbocycles. The Morgan fingerprint density at radius 2 is 1.29 bits per heavy atom. The van der Waals surface area contributed by atoms with E-state index in [-0.39, 0.29) is 5.92 Å². The molecule has 0 bridgehead atoms. The average Bonchev–Trinajstić information content (AvgIpc) is 3.09. The maximum Gasteiger partial charge on any atom is 0.416 e. The third kappa shape index (κ3) is 3.58. The highest BCUT2D eigenvalue weighted by atomic mass is 19.4. The number of ether oxygens (including phenoxy) is 1. The van der Waals surface area contributed by atoms with Crippen molar-refractivity contribution >= 4 is 0 Å². The molecule has 0 spiro atoms. The van der Waals surface area contributed by atoms with Gasteiger partial charge in [0.25, 0.3) is 0 Å². The Kier molecular flexibility index (Phi) is 4.83. The van der Waals surface area contributed by atoms with Gasteiger partial charge in [-0.15, -0.1) is 0 Å². The maximum absolute atomic E-state index is 12.8. The van der Waals surface area contributed by atoms with Crippen molar-refractivity contribution in [3.63, 3.8) is 0 Å². The van der Waals surface area contributed by atoms with Gasteiger partial charge in [-0.1, -0.05) is 24.3 Å². The first-order valence-electron chi connectivity index (χ1n) is 7.52. The van der Waals surface area contributed by atoms with E-state index in [2.05, 4.69) is 0 Å². The lowest BCUT2D eigenvalue weighted by atomic mass is 9.79. The minimum atomic E-state index is -4.32. The molecule has 1 atom stereocenters. The van der Waals surface area contributed by atoms with Crippen molar-refractivity contribution in [1.82, 2.24) is 0 Å². The van der Waals surface area contributed by atoms with Gasteiger partial charge in [0, 0.05) is 5.92 Å². The normalized spacial score (nSPS) is 17.0. The van der Waals surface area contributed by atoms with E-state index >= 15 is 0 Å². The molecule has 24 heavy (non-hydrogen) atoms. The Hall–Kier alpha value is -1.97. The van der Waals surface area contributed by atoms with E-state index in [4.69, 9.17) is 4.74 Å². The Morgan fingerprint density at radius 1 is 0.792 bits per heavy atom. The smallest absolute Gasteiger partial charge is 0.416 e. The topological polar surface area (TPSA) is 9.23 Å². The van der Waals surface area contributed by atoms with Gasteiger partial charge in [-0.05, 0) is 67.0 Å². The molecule has 2 aromatic rings. The summed E-state index contributed by atoms with van der Waals surface area (Å²) in [5, 5.41) is 0. The highest BCUT2D eigenvalue weighted by Crippen LogP contribution is 2.42. The Morgan fingerprint density at radius 3 is 1.75 bits per heavy atom. The summed E-state index contributed by atoms with van der Waals surface area (Å²) >= 11 is 0. The highest BCUT2D eigenvalue weighted by Gasteiger charge is 2.32. The largest absolute Gasteiger partial charge is 0.497 e. The van der Waals surface area contributed by atoms with Crippen LogP contribution in [0, 0.1) is 31.6 Å². The van der Waals surface area contributed by atoms with Crippen LogP contribution in [0.1, 0.15) is 22.6 Å². The van der Waals surface area contributed by atoms with Gasteiger partial charge >= 0.3 is 6.18 Å². The van der Waals surface area contributed by atoms with Crippen molar-refractivity contribution in [2.45, 2.75) is 12.1 Å². The van der Waals surface area contributed by atoms with Crippen LogP contribution >= 0.6 is 0 Å². The molecule has 1 unspecified atom stereocenters. The molecule has 0 amide bonds. The second-order valence-corrected chi connectivity index (χ2v) is 5.54. The minimum Gasteiger partial charge on any atom is -0.497 e. The molecular formula is C20H16F3O. The zero-order chi connectivity index (χ0) is 17.2. The summed E-state index contributed by atoms with van der Waals surface area (Å²) in [6, 6.07) is 13.0. The van der Waals surface area contributed by atoms with Crippen molar-refractivity contribution in [1.29, 1.82) is 0 Å². The Balaban J connectivity index is 1.95. The monoisotopic (exact) mass is 329 g/mol. The van der Waals surface area contributed by atoms with Crippen molar-refractivity contribution in [2.24, 2.45) is 0 Å². The van der Waals surface area contributed by atoms with Crippen LogP contribution in [0.25, 0.3) is 0 Å². The molecule has 123 valence electrons. The maximum atomic E-state index is 12.8. The van der Waals surface area contributed by atoms with Crippen LogP contribution in [0.2, 0.25) is 0 Å². The third-order valence-corrected chi connectivity index (χ3v) is 4.04. The van der Waals surface area contributed by atoms with E-state index in [0.29, 0.717) is 0 Å². The molecule has 0 heterocycles. The zero-order valence-electron chi connectivity index (χ0n) is 13.0. The lowest BCUT2D eigenvalue weighted by Crippen LogP contribution is -2.11. The first-order valence-corrected chi connectivity index (χ1v) is 7.52. The van der Waals surface area contributed by atoms with E-state index in [9.17, 15) is 13.2 Å². The number of hydrogen-bond donors (Lipinski definition) is 0. The first-order chi connectivity index (χ1) is 11.5. The third-order valence-electron chi connectivity index (χ3n) is 4.04. The van der Waals surface area contributed by atoms with Gasteiger partial charge in [0.2, 0.25) is 0 Å². The summed E-state index contributed by atoms with van der Waals surface area (Å²) in [7, 11) is 1.60. The van der Waals surface area contributed by atoms with Crippen LogP contribution in [0.3, 0.4) is 0 Å². The molecule has 0 aliphatic heterocycles. The predicted octanol–water partition coefficient (Wildman–Crippen LogP) is 5.25. The van der Waals surface area contributed by atoms with Gasteiger partial charge in [0.1, 0.15) is 5.75 Å². The van der Waals surface area contributed by atoms with Gasteiger partial charge in [-0.2, -0.15) is 13.2 Å². The van der Waals surface area contributed by atoms with Crippen molar-refractivity contribution in [3.05, 3.63) is 96.8 Å². The second-order valence-electron chi connectivity index (χ2n) is 5.54. The fourth-order valence-corrected chi connectivity index (χ4v) is 2.82. The lowest BCUT2D eigenvalue weighted by Gasteiger charge is -2.24. The molecule has 0 aromatic heterocycles. The summed E-state index contributed by atoms with van der Waals surface area (Å²) in [5.74, 6) is 1.67. The summed E-state index contributed by atoms with van der Waals surface area (Å²) in [6.07, 6.45) is 3.49. The van der Waals surface area contributed by atoms with Gasteiger partial charge in [0.05, 0.1) is 12.7 Å². The summed E-state index contributed by atoms with van der Waals surface area (Å²) in [5.41, 5.74) is 1.18. The second kappa shape index (κ2) is 6.88. The summed E-state index contributed by atoms with van der Waals surface area (Å²) in [4.78, 5) is 0. The van der Waals surface area contributed by atoms with E-state index in [1.54, 1.807) is 19.2 Å². The first kappa shape index (κ1) is 16.9. The summed E-state index contributed by atoms with van der Waals surface area (Å²) < 4.78 is 43.5. The van der Waals surface area contributed by atoms with E-state index in [1.165, 1.54) is 0 Å². The fourth-order valence-electron chi connectivity index (χ4n) is 2.82. The van der Waals surface area contributed by atoms with Crippen LogP contribution in [-0.2, 0) is 6.18 Å². The number of rotatable bonds is 4. The highest BCUT2D eigenvalue weighted by molar-refractivity contribution is 5.50. The number of benzene rings is 2. The molecule has 1 saturated carbocycles. The number of halogens is 3. The van der Waals surface area contributed by atoms with Gasteiger partial charge in [0.15, 0.2) is 0 Å². The average molecular weight is 329 g/mol. The Bertz CT molecular complexity index is 653. The molecule has 1 nitrogen and oxygen atoms in total. The lowest BCUT2D eigenvalue weighted by molar-refractivity contribution is -0.137. The van der Waals surface area contributed by atoms with Crippen LogP contribution in [0.15, 0.2) is 48.5 Å². The molecule has 1 aliphatic rings. The van der Waals surface area contributed by atoms with E-state index in [1.807, 2.05) is 49.9 Å². The van der Waals surface area contributed by atoms with Crippen LogP contribution < -0.4 is 4.74 Å². The van der Waals surface area contributed by atoms with Crippen LogP contribution in [-0.4, -0.2) is 7.11 Å². The standard InChI is InChI=1S/C20H16F3O/c1-24-18-12-8-16(9-13-18)19(14-4-2-3-5-14)15-6-10-17(11-7-15)20(21,22)23/h2-13,19H,1H3. The predicted molar refractivity (Wildman–Crippen MR) is 86.7 cm³/mol. The van der Waals surface area contributed by atoms with E-state index < -0.39 is 11.7 Å². The molecule has 3 rings (SSSR count). The van der Waals surface area contributed by atoms with Crippen LogP contribution in [0.4, 0.5) is 13.2 Å². The van der Waals surface area contributed by atoms with Crippen molar-refractivity contribution in [3.8, 4) is 5.75 Å². The van der Waals surface area contributed by atoms with Crippen molar-refractivity contribution in [2.75, 3.05) is 7.11 Å². The molecule has 2 aromatic carbocycles. The quantitative estimate of drug-likeness (QED) is 0.744. The molecule has 0 N–H and O–H groups in total. The van der Waals surface area contributed by atoms with E-state index in [0.717, 1.165) is 34.9 Å². The zero-order valence-corrected chi connectivity index (χ0v) is 13.0. The fraction of sp³-hybridized carbons (Fsp3) is 0.150. The summed E-state index contributed by atoms with van der Waals surface area (Å²) in [6.45, 7) is 0. The molecule has 4 heteroatoms. The molecule has 0 saturated heterocycles. The molecular weight excluding hydrogens is 313 g/mol. The minimum absolute atomic E-state index is 0.117. The van der Waals surface area contributed by atoms with Crippen molar-refractivity contribution < 1.29 is 17.9 Å². The number of hydrogen-bond acceptors (Lipinski definition) is 1. The van der Waals surface area contributed by atoms with Gasteiger partial charge < -0.3 is 4.74 Å². The molecule has 5 radical (unpaired) electrons. The number of alkyl halides is 3. The molecule has 1 fully saturated rings. The number of methoxy groups -OCH3 is 1. The van der Waals surface area contributed by atoms with Gasteiger partial charge in [-0.25, -0.2) is 0 Å². The SMILES string of the molecule is COc1ccc(C([C]2[CH][CH][CH][CH]2)c2ccc(C(F)(F)F)cc2)cc1. The van der Waals surface area contributed by atoms with Crippen LogP contribution in [0.5, 0.6) is 5.75 Å². The van der Waals surface area contributed by atoms with Gasteiger partial charge in [-0.3, -0.25) is 0 Å². The Labute approximate surface area is 140 Å².